The molecule has 2 aromatic carbocycles. The molecule has 0 fully saturated rings. The smallest absolute Gasteiger partial charge is 0.416 e. The van der Waals surface area contributed by atoms with Crippen molar-refractivity contribution in [1.82, 2.24) is 4.72 Å². The average molecular weight is 460 g/mol. The number of hydrogen-bond acceptors (Lipinski definition) is 5. The molecule has 0 aliphatic heterocycles. The molecule has 166 valence electrons. The van der Waals surface area contributed by atoms with Crippen LogP contribution in [0.5, 0.6) is 0 Å². The summed E-state index contributed by atoms with van der Waals surface area (Å²) in [6.07, 6.45) is -5.13. The van der Waals surface area contributed by atoms with E-state index in [0.29, 0.717) is 12.1 Å². The number of hydrogen-bond donors (Lipinski definition) is 4. The van der Waals surface area contributed by atoms with Gasteiger partial charge in [-0.15, -0.1) is 0 Å². The van der Waals surface area contributed by atoms with Crippen LogP contribution in [-0.2, 0) is 21.0 Å². The van der Waals surface area contributed by atoms with Gasteiger partial charge in [0, 0.05) is 17.8 Å². The van der Waals surface area contributed by atoms with E-state index < -0.39 is 63.0 Å². The van der Waals surface area contributed by atoms with Crippen molar-refractivity contribution < 1.29 is 46.2 Å². The number of rotatable bonds is 8. The molecule has 0 saturated carbocycles. The topological polar surface area (TPSA) is 150 Å². The molecule has 0 aromatic heterocycles. The molecule has 31 heavy (non-hydrogen) atoms. The summed E-state index contributed by atoms with van der Waals surface area (Å²) in [7, 11) is -4.45. The Morgan fingerprint density at radius 2 is 1.58 bits per heavy atom. The van der Waals surface area contributed by atoms with Crippen molar-refractivity contribution >= 4 is 33.6 Å². The molecule has 2 rings (SSSR count). The van der Waals surface area contributed by atoms with E-state index in [1.165, 1.54) is 0 Å². The fourth-order valence-corrected chi connectivity index (χ4v) is 3.64. The highest BCUT2D eigenvalue weighted by atomic mass is 32.2. The molecule has 0 heterocycles. The van der Waals surface area contributed by atoms with Gasteiger partial charge >= 0.3 is 18.1 Å². The lowest BCUT2D eigenvalue weighted by Crippen LogP contribution is -2.28. The zero-order valence-electron chi connectivity index (χ0n) is 15.4. The second kappa shape index (κ2) is 9.14. The first kappa shape index (κ1) is 23.8. The molecule has 4 N–H and O–H groups in total. The number of halogens is 3. The normalized spacial score (nSPS) is 11.7. The maximum Gasteiger partial charge on any atom is 0.416 e. The molecule has 9 nitrogen and oxygen atoms in total. The van der Waals surface area contributed by atoms with Crippen LogP contribution in [-0.4, -0.2) is 43.0 Å². The van der Waals surface area contributed by atoms with Gasteiger partial charge in [-0.1, -0.05) is 0 Å². The Morgan fingerprint density at radius 1 is 0.968 bits per heavy atom. The lowest BCUT2D eigenvalue weighted by Gasteiger charge is -2.12. The molecule has 0 atom stereocenters. The van der Waals surface area contributed by atoms with Crippen LogP contribution in [0.1, 0.15) is 32.7 Å². The Balaban J connectivity index is 2.30. The number of nitrogens with one attached hydrogen (secondary N) is 2. The van der Waals surface area contributed by atoms with Crippen molar-refractivity contribution in [2.75, 3.05) is 11.9 Å². The largest absolute Gasteiger partial charge is 0.481 e. The van der Waals surface area contributed by atoms with E-state index >= 15 is 0 Å². The van der Waals surface area contributed by atoms with Gasteiger partial charge in [0.2, 0.25) is 10.0 Å². The van der Waals surface area contributed by atoms with E-state index in [9.17, 15) is 41.1 Å². The SMILES string of the molecule is O=C(O)CCNS(=O)(=O)c1cc(NC(=O)c2ccc(C(F)(F)F)cc2)ccc1C(=O)O. The fraction of sp³-hybridized carbons (Fsp3) is 0.167. The third kappa shape index (κ3) is 6.26. The van der Waals surface area contributed by atoms with E-state index in [1.807, 2.05) is 4.72 Å². The number of aliphatic carboxylic acids is 1. The first-order valence-electron chi connectivity index (χ1n) is 8.38. The standard InChI is InChI=1S/C18H15F3N2O7S/c19-18(20,21)11-3-1-10(2-4-11)16(26)23-12-5-6-13(17(27)28)14(9-12)31(29,30)22-8-7-15(24)25/h1-6,9,22H,7-8H2,(H,23,26)(H,24,25)(H,27,28). The molecule has 1 amide bonds. The number of benzene rings is 2. The summed E-state index contributed by atoms with van der Waals surface area (Å²) in [4.78, 5) is 33.4. The summed E-state index contributed by atoms with van der Waals surface area (Å²) in [6, 6.07) is 6.10. The van der Waals surface area contributed by atoms with E-state index in [2.05, 4.69) is 5.32 Å². The second-order valence-corrected chi connectivity index (χ2v) is 7.82. The highest BCUT2D eigenvalue weighted by Crippen LogP contribution is 2.29. The van der Waals surface area contributed by atoms with Crippen molar-refractivity contribution in [2.45, 2.75) is 17.5 Å². The number of aromatic carboxylic acids is 1. The zero-order valence-corrected chi connectivity index (χ0v) is 16.2. The van der Waals surface area contributed by atoms with Crippen LogP contribution in [0, 0.1) is 0 Å². The number of carbonyl (C=O) groups excluding carboxylic acids is 1. The number of carboxylic acid groups (broad SMARTS) is 2. The van der Waals surface area contributed by atoms with Crippen LogP contribution < -0.4 is 10.0 Å². The first-order valence-corrected chi connectivity index (χ1v) is 9.87. The summed E-state index contributed by atoms with van der Waals surface area (Å²) in [5.74, 6) is -3.73. The molecule has 0 bridgehead atoms. The van der Waals surface area contributed by atoms with E-state index in [4.69, 9.17) is 5.11 Å². The maximum absolute atomic E-state index is 12.6. The predicted molar refractivity (Wildman–Crippen MR) is 100 cm³/mol. The van der Waals surface area contributed by atoms with Crippen LogP contribution >= 0.6 is 0 Å². The van der Waals surface area contributed by atoms with E-state index in [-0.39, 0.29) is 11.3 Å². The summed E-state index contributed by atoms with van der Waals surface area (Å²) in [6.45, 7) is -0.501. The third-order valence-corrected chi connectivity index (χ3v) is 5.37. The van der Waals surface area contributed by atoms with Gasteiger partial charge in [-0.2, -0.15) is 13.2 Å². The first-order chi connectivity index (χ1) is 14.3. The van der Waals surface area contributed by atoms with Crippen molar-refractivity contribution in [3.8, 4) is 0 Å². The fourth-order valence-electron chi connectivity index (χ4n) is 2.38. The molecule has 13 heteroatoms. The van der Waals surface area contributed by atoms with Gasteiger partial charge in [-0.05, 0) is 42.5 Å². The quantitative estimate of drug-likeness (QED) is 0.472. The van der Waals surface area contributed by atoms with Crippen molar-refractivity contribution in [3.05, 3.63) is 59.2 Å². The van der Waals surface area contributed by atoms with Crippen LogP contribution in [0.4, 0.5) is 18.9 Å². The van der Waals surface area contributed by atoms with Gasteiger partial charge in [-0.25, -0.2) is 17.9 Å². The molecule has 2 aromatic rings. The average Bonchev–Trinajstić information content (AvgIpc) is 2.66. The summed E-state index contributed by atoms with van der Waals surface area (Å²) >= 11 is 0. The van der Waals surface area contributed by atoms with Crippen LogP contribution in [0.15, 0.2) is 47.4 Å². The number of amides is 1. The minimum absolute atomic E-state index is 0.145. The molecule has 0 saturated heterocycles. The second-order valence-electron chi connectivity index (χ2n) is 6.09. The molecule has 0 aliphatic rings. The number of carbonyl (C=O) groups is 3. The Kier molecular flexibility index (Phi) is 7.02. The lowest BCUT2D eigenvalue weighted by atomic mass is 10.1. The molecule has 0 spiro atoms. The van der Waals surface area contributed by atoms with Gasteiger partial charge in [-0.3, -0.25) is 9.59 Å². The van der Waals surface area contributed by atoms with Gasteiger partial charge in [0.05, 0.1) is 22.4 Å². The molecular weight excluding hydrogens is 445 g/mol. The minimum Gasteiger partial charge on any atom is -0.481 e. The molecule has 0 aliphatic carbocycles. The predicted octanol–water partition coefficient (Wildman–Crippen LogP) is 2.41. The Hall–Kier alpha value is -3.45. The van der Waals surface area contributed by atoms with Crippen molar-refractivity contribution in [2.24, 2.45) is 0 Å². The number of sulfonamides is 1. The van der Waals surface area contributed by atoms with Gasteiger partial charge in [0.15, 0.2) is 0 Å². The maximum atomic E-state index is 12.6. The molecule has 0 unspecified atom stereocenters. The van der Waals surface area contributed by atoms with E-state index in [1.54, 1.807) is 0 Å². The van der Waals surface area contributed by atoms with Gasteiger partial charge < -0.3 is 15.5 Å². The Bertz CT molecular complexity index is 1110. The van der Waals surface area contributed by atoms with Crippen LogP contribution in [0.2, 0.25) is 0 Å². The molecule has 0 radical (unpaired) electrons. The van der Waals surface area contributed by atoms with Crippen molar-refractivity contribution in [3.63, 3.8) is 0 Å². The van der Waals surface area contributed by atoms with E-state index in [0.717, 1.165) is 30.3 Å². The van der Waals surface area contributed by atoms with Crippen LogP contribution in [0.25, 0.3) is 0 Å². The summed E-state index contributed by atoms with van der Waals surface area (Å²) < 4.78 is 64.6. The van der Waals surface area contributed by atoms with Gasteiger partial charge in [0.25, 0.3) is 5.91 Å². The number of carboxylic acids is 2. The highest BCUT2D eigenvalue weighted by Gasteiger charge is 2.30. The zero-order chi connectivity index (χ0) is 23.4. The van der Waals surface area contributed by atoms with Crippen LogP contribution in [0.3, 0.4) is 0 Å². The Labute approximate surface area is 173 Å². The number of anilines is 1. The Morgan fingerprint density at radius 3 is 2.10 bits per heavy atom. The third-order valence-electron chi connectivity index (χ3n) is 3.86. The highest BCUT2D eigenvalue weighted by molar-refractivity contribution is 7.89. The molecular formula is C18H15F3N2O7S. The van der Waals surface area contributed by atoms with Gasteiger partial charge in [0.1, 0.15) is 0 Å². The lowest BCUT2D eigenvalue weighted by molar-refractivity contribution is -0.138. The summed E-state index contributed by atoms with van der Waals surface area (Å²) in [5.41, 5.74) is -1.89. The monoisotopic (exact) mass is 460 g/mol. The summed E-state index contributed by atoms with van der Waals surface area (Å²) in [5, 5.41) is 20.1. The number of alkyl halides is 3. The van der Waals surface area contributed by atoms with Crippen molar-refractivity contribution in [1.29, 1.82) is 0 Å². The minimum atomic E-state index is -4.58.